The molecule has 0 bridgehead atoms. The van der Waals surface area contributed by atoms with Crippen molar-refractivity contribution >= 4 is 17.9 Å². The first kappa shape index (κ1) is 18.5. The van der Waals surface area contributed by atoms with Crippen LogP contribution in [0.3, 0.4) is 0 Å². The van der Waals surface area contributed by atoms with E-state index in [9.17, 15) is 4.79 Å². The number of benzene rings is 1. The summed E-state index contributed by atoms with van der Waals surface area (Å²) in [6.45, 7) is 1.49. The van der Waals surface area contributed by atoms with Crippen LogP contribution in [0.5, 0.6) is 0 Å². The van der Waals surface area contributed by atoms with E-state index in [1.807, 2.05) is 50.6 Å². The highest BCUT2D eigenvalue weighted by Crippen LogP contribution is 2.40. The maximum atomic E-state index is 12.2. The topological polar surface area (TPSA) is 75.8 Å². The van der Waals surface area contributed by atoms with Gasteiger partial charge >= 0.3 is 0 Å². The Labute approximate surface area is 165 Å². The van der Waals surface area contributed by atoms with Gasteiger partial charge in [-0.25, -0.2) is 10.0 Å². The van der Waals surface area contributed by atoms with Crippen LogP contribution in [0.2, 0.25) is 0 Å². The van der Waals surface area contributed by atoms with E-state index in [1.54, 1.807) is 0 Å². The summed E-state index contributed by atoms with van der Waals surface area (Å²) in [5, 5.41) is 5.04. The molecule has 0 saturated carbocycles. The Bertz CT molecular complexity index is 942. The van der Waals surface area contributed by atoms with Crippen LogP contribution in [0, 0.1) is 0 Å². The van der Waals surface area contributed by atoms with E-state index in [4.69, 9.17) is 0 Å². The summed E-state index contributed by atoms with van der Waals surface area (Å²) in [5.74, 6) is 0.933. The molecule has 4 rings (SSSR count). The second kappa shape index (κ2) is 7.61. The number of hydrogen-bond acceptors (Lipinski definition) is 5. The molecule has 0 saturated heterocycles. The number of aliphatic imine (C=N–C) groups is 1. The van der Waals surface area contributed by atoms with Crippen molar-refractivity contribution < 1.29 is 4.79 Å². The standard InChI is InChI=1S/C21H26N6O/c1-26(2)8-7-22-19(28)10-14-5-4-6-15(9-14)18-11-17-20-16(13-24-27(20)3)12-23-21(17)25-18/h4-6,9,11-13,20,24-25H,7-8,10H2,1-3H3,(H,22,28). The maximum absolute atomic E-state index is 12.2. The highest BCUT2D eigenvalue weighted by Gasteiger charge is 2.31. The second-order valence-corrected chi connectivity index (χ2v) is 7.56. The Balaban J connectivity index is 1.50. The van der Waals surface area contributed by atoms with Crippen LogP contribution in [0.4, 0.5) is 5.82 Å². The van der Waals surface area contributed by atoms with Crippen LogP contribution >= 0.6 is 0 Å². The van der Waals surface area contributed by atoms with E-state index in [0.717, 1.165) is 40.3 Å². The molecular weight excluding hydrogens is 352 g/mol. The molecule has 1 unspecified atom stereocenters. The molecule has 1 aromatic heterocycles. The summed E-state index contributed by atoms with van der Waals surface area (Å²) in [6.07, 6.45) is 4.26. The molecule has 1 amide bonds. The van der Waals surface area contributed by atoms with Crippen LogP contribution in [0.1, 0.15) is 17.2 Å². The van der Waals surface area contributed by atoms with Gasteiger partial charge in [0.25, 0.3) is 0 Å². The van der Waals surface area contributed by atoms with Crippen molar-refractivity contribution in [1.29, 1.82) is 0 Å². The molecule has 0 spiro atoms. The minimum atomic E-state index is 0.0443. The summed E-state index contributed by atoms with van der Waals surface area (Å²) >= 11 is 0. The van der Waals surface area contributed by atoms with E-state index >= 15 is 0 Å². The Morgan fingerprint density at radius 1 is 1.32 bits per heavy atom. The number of nitrogens with zero attached hydrogens (tertiary/aromatic N) is 3. The first-order valence-electron chi connectivity index (χ1n) is 9.48. The van der Waals surface area contributed by atoms with Crippen molar-refractivity contribution in [2.45, 2.75) is 12.5 Å². The van der Waals surface area contributed by atoms with Gasteiger partial charge in [-0.2, -0.15) is 0 Å². The summed E-state index contributed by atoms with van der Waals surface area (Å²) in [7, 11) is 6.01. The molecule has 146 valence electrons. The van der Waals surface area contributed by atoms with Gasteiger partial charge in [0.15, 0.2) is 0 Å². The average Bonchev–Trinajstić information content (AvgIpc) is 3.25. The van der Waals surface area contributed by atoms with Gasteiger partial charge in [-0.3, -0.25) is 4.79 Å². The lowest BCUT2D eigenvalue weighted by Crippen LogP contribution is -2.32. The lowest BCUT2D eigenvalue weighted by atomic mass is 9.99. The van der Waals surface area contributed by atoms with Crippen LogP contribution in [0.15, 0.2) is 47.1 Å². The minimum Gasteiger partial charge on any atom is -0.355 e. The van der Waals surface area contributed by atoms with E-state index in [1.165, 1.54) is 0 Å². The van der Waals surface area contributed by atoms with Crippen molar-refractivity contribution in [3.05, 3.63) is 53.2 Å². The average molecular weight is 378 g/mol. The van der Waals surface area contributed by atoms with Gasteiger partial charge in [0.05, 0.1) is 12.5 Å². The van der Waals surface area contributed by atoms with Crippen molar-refractivity contribution in [3.8, 4) is 11.3 Å². The Morgan fingerprint density at radius 2 is 2.18 bits per heavy atom. The first-order valence-corrected chi connectivity index (χ1v) is 9.48. The number of aromatic amines is 1. The lowest BCUT2D eigenvalue weighted by Gasteiger charge is -2.23. The van der Waals surface area contributed by atoms with Crippen molar-refractivity contribution in [2.75, 3.05) is 34.2 Å². The highest BCUT2D eigenvalue weighted by atomic mass is 16.1. The van der Waals surface area contributed by atoms with Gasteiger partial charge in [-0.1, -0.05) is 18.2 Å². The van der Waals surface area contributed by atoms with Gasteiger partial charge in [0, 0.05) is 49.4 Å². The third-order valence-corrected chi connectivity index (χ3v) is 5.09. The zero-order valence-electron chi connectivity index (χ0n) is 16.5. The van der Waals surface area contributed by atoms with Crippen LogP contribution in [0.25, 0.3) is 11.3 Å². The minimum absolute atomic E-state index is 0.0443. The molecule has 0 fully saturated rings. The van der Waals surface area contributed by atoms with Gasteiger partial charge in [0.1, 0.15) is 5.82 Å². The summed E-state index contributed by atoms with van der Waals surface area (Å²) in [4.78, 5) is 22.2. The van der Waals surface area contributed by atoms with Crippen LogP contribution < -0.4 is 10.7 Å². The molecule has 3 heterocycles. The smallest absolute Gasteiger partial charge is 0.224 e. The molecule has 0 aliphatic carbocycles. The maximum Gasteiger partial charge on any atom is 0.224 e. The van der Waals surface area contributed by atoms with Crippen molar-refractivity contribution in [1.82, 2.24) is 25.6 Å². The van der Waals surface area contributed by atoms with Gasteiger partial charge in [-0.05, 0) is 37.4 Å². The van der Waals surface area contributed by atoms with Gasteiger partial charge in [-0.15, -0.1) is 0 Å². The van der Waals surface area contributed by atoms with E-state index < -0.39 is 0 Å². The molecule has 2 aromatic rings. The zero-order valence-corrected chi connectivity index (χ0v) is 16.5. The predicted molar refractivity (Wildman–Crippen MR) is 111 cm³/mol. The third kappa shape index (κ3) is 3.72. The third-order valence-electron chi connectivity index (χ3n) is 5.09. The number of hydrogen-bond donors (Lipinski definition) is 3. The van der Waals surface area contributed by atoms with Crippen molar-refractivity contribution in [3.63, 3.8) is 0 Å². The Hall–Kier alpha value is -2.90. The van der Waals surface area contributed by atoms with Gasteiger partial charge in [0.2, 0.25) is 5.91 Å². The number of nitrogens with one attached hydrogen (secondary N) is 3. The molecule has 1 aromatic carbocycles. The zero-order chi connectivity index (χ0) is 19.7. The number of aromatic nitrogens is 1. The SMILES string of the molecule is CN(C)CCNC(=O)Cc1cccc(-c2cc3c([nH]2)N=CC2=CNN(C)C23)c1. The Kier molecular flexibility index (Phi) is 5.02. The number of hydrazine groups is 1. The number of carbonyl (C=O) groups excluding carboxylic acids is 1. The predicted octanol–water partition coefficient (Wildman–Crippen LogP) is 1.99. The first-order chi connectivity index (χ1) is 13.5. The molecule has 28 heavy (non-hydrogen) atoms. The number of amides is 1. The normalized spacial score (nSPS) is 17.9. The number of fused-ring (bicyclic) bond motifs is 3. The Morgan fingerprint density at radius 3 is 3.00 bits per heavy atom. The molecule has 7 nitrogen and oxygen atoms in total. The molecular formula is C21H26N6O. The largest absolute Gasteiger partial charge is 0.355 e. The number of carbonyl (C=O) groups is 1. The second-order valence-electron chi connectivity index (χ2n) is 7.56. The monoisotopic (exact) mass is 378 g/mol. The fraction of sp³-hybridized carbons (Fsp3) is 0.333. The molecule has 3 N–H and O–H groups in total. The van der Waals surface area contributed by atoms with E-state index in [-0.39, 0.29) is 11.9 Å². The number of H-pyrrole nitrogens is 1. The number of likely N-dealkylation sites (N-methyl/N-ethyl adjacent to an activating group) is 2. The molecule has 7 heteroatoms. The fourth-order valence-corrected chi connectivity index (χ4v) is 3.63. The molecule has 2 aliphatic rings. The fourth-order valence-electron chi connectivity index (χ4n) is 3.63. The lowest BCUT2D eigenvalue weighted by molar-refractivity contribution is -0.120. The highest BCUT2D eigenvalue weighted by molar-refractivity contribution is 5.88. The van der Waals surface area contributed by atoms with Crippen LogP contribution in [-0.4, -0.2) is 61.2 Å². The molecule has 1 atom stereocenters. The van der Waals surface area contributed by atoms with Crippen LogP contribution in [-0.2, 0) is 11.2 Å². The molecule has 2 aliphatic heterocycles. The summed E-state index contributed by atoms with van der Waals surface area (Å²) < 4.78 is 0. The summed E-state index contributed by atoms with van der Waals surface area (Å²) in [5.41, 5.74) is 8.60. The molecule has 0 radical (unpaired) electrons. The van der Waals surface area contributed by atoms with Crippen molar-refractivity contribution in [2.24, 2.45) is 4.99 Å². The van der Waals surface area contributed by atoms with Gasteiger partial charge < -0.3 is 20.6 Å². The summed E-state index contributed by atoms with van der Waals surface area (Å²) in [6, 6.07) is 10.4. The number of rotatable bonds is 6. The quantitative estimate of drug-likeness (QED) is 0.719. The van der Waals surface area contributed by atoms with E-state index in [0.29, 0.717) is 13.0 Å². The van der Waals surface area contributed by atoms with E-state index in [2.05, 4.69) is 43.9 Å².